The Morgan fingerprint density at radius 1 is 1.42 bits per heavy atom. The Balaban J connectivity index is 4.01. The van der Waals surface area contributed by atoms with Crippen LogP contribution < -0.4 is 0 Å². The molecule has 5 heteroatoms. The van der Waals surface area contributed by atoms with Gasteiger partial charge in [0, 0.05) is 19.5 Å². The standard InChI is InChI=1S/C7H16ClNO2S/c1-3-4-7-12(10,11)9(2)6-5-8/h3-7H2,1-2H3. The second-order valence-corrected chi connectivity index (χ2v) is 5.25. The molecule has 0 saturated heterocycles. The molecule has 0 rings (SSSR count). The topological polar surface area (TPSA) is 37.4 Å². The van der Waals surface area contributed by atoms with Gasteiger partial charge in [-0.15, -0.1) is 11.6 Å². The summed E-state index contributed by atoms with van der Waals surface area (Å²) in [7, 11) is -1.47. The first-order chi connectivity index (χ1) is 5.54. The second-order valence-electron chi connectivity index (χ2n) is 2.68. The Morgan fingerprint density at radius 2 is 2.00 bits per heavy atom. The minimum Gasteiger partial charge on any atom is -0.212 e. The van der Waals surface area contributed by atoms with Gasteiger partial charge in [-0.25, -0.2) is 12.7 Å². The molecule has 0 aliphatic rings. The van der Waals surface area contributed by atoms with Gasteiger partial charge in [0.15, 0.2) is 0 Å². The van der Waals surface area contributed by atoms with E-state index in [2.05, 4.69) is 0 Å². The monoisotopic (exact) mass is 213 g/mol. The van der Waals surface area contributed by atoms with Gasteiger partial charge >= 0.3 is 0 Å². The van der Waals surface area contributed by atoms with Crippen LogP contribution in [0.5, 0.6) is 0 Å². The Kier molecular flexibility index (Phi) is 5.88. The number of alkyl halides is 1. The molecule has 0 aliphatic carbocycles. The van der Waals surface area contributed by atoms with Crippen LogP contribution in [-0.2, 0) is 10.0 Å². The van der Waals surface area contributed by atoms with Crippen molar-refractivity contribution in [3.8, 4) is 0 Å². The smallest absolute Gasteiger partial charge is 0.212 e. The van der Waals surface area contributed by atoms with Crippen molar-refractivity contribution in [2.24, 2.45) is 0 Å². The van der Waals surface area contributed by atoms with Crippen molar-refractivity contribution >= 4 is 21.6 Å². The molecule has 0 spiro atoms. The number of nitrogens with zero attached hydrogens (tertiary/aromatic N) is 1. The lowest BCUT2D eigenvalue weighted by Crippen LogP contribution is -2.30. The van der Waals surface area contributed by atoms with Gasteiger partial charge in [0.05, 0.1) is 5.75 Å². The highest BCUT2D eigenvalue weighted by molar-refractivity contribution is 7.89. The molecule has 0 atom stereocenters. The maximum atomic E-state index is 11.3. The first-order valence-corrected chi connectivity index (χ1v) is 6.19. The summed E-state index contributed by atoms with van der Waals surface area (Å²) in [5.41, 5.74) is 0. The van der Waals surface area contributed by atoms with E-state index in [0.29, 0.717) is 12.4 Å². The highest BCUT2D eigenvalue weighted by atomic mass is 35.5. The number of hydrogen-bond acceptors (Lipinski definition) is 2. The van der Waals surface area contributed by atoms with E-state index in [0.717, 1.165) is 12.8 Å². The summed E-state index contributed by atoms with van der Waals surface area (Å²) in [5, 5.41) is 0. The minimum atomic E-state index is -3.04. The highest BCUT2D eigenvalue weighted by Gasteiger charge is 2.15. The van der Waals surface area contributed by atoms with Crippen LogP contribution in [0.15, 0.2) is 0 Å². The van der Waals surface area contributed by atoms with Crippen LogP contribution in [0.25, 0.3) is 0 Å². The second kappa shape index (κ2) is 5.78. The normalized spacial score (nSPS) is 12.3. The fourth-order valence-corrected chi connectivity index (χ4v) is 2.43. The summed E-state index contributed by atoms with van der Waals surface area (Å²) in [6.45, 7) is 2.37. The summed E-state index contributed by atoms with van der Waals surface area (Å²) < 4.78 is 24.0. The van der Waals surface area contributed by atoms with Gasteiger partial charge in [-0.2, -0.15) is 0 Å². The van der Waals surface area contributed by atoms with Gasteiger partial charge in [0.1, 0.15) is 0 Å². The van der Waals surface area contributed by atoms with Crippen LogP contribution in [0.4, 0.5) is 0 Å². The molecule has 0 bridgehead atoms. The van der Waals surface area contributed by atoms with Crippen molar-refractivity contribution in [3.05, 3.63) is 0 Å². The van der Waals surface area contributed by atoms with Crippen molar-refractivity contribution < 1.29 is 8.42 Å². The summed E-state index contributed by atoms with van der Waals surface area (Å²) in [6.07, 6.45) is 1.61. The molecule has 0 N–H and O–H groups in total. The van der Waals surface area contributed by atoms with Crippen LogP contribution in [0, 0.1) is 0 Å². The van der Waals surface area contributed by atoms with Crippen LogP contribution in [0.1, 0.15) is 19.8 Å². The summed E-state index contributed by atoms with van der Waals surface area (Å²) >= 11 is 5.43. The Morgan fingerprint density at radius 3 is 2.42 bits per heavy atom. The third-order valence-corrected chi connectivity index (χ3v) is 3.74. The molecule has 74 valence electrons. The molecule has 0 aromatic rings. The van der Waals surface area contributed by atoms with Gasteiger partial charge in [-0.1, -0.05) is 13.3 Å². The quantitative estimate of drug-likeness (QED) is 0.624. The first kappa shape index (κ1) is 12.2. The fourth-order valence-electron chi connectivity index (χ4n) is 0.741. The lowest BCUT2D eigenvalue weighted by Gasteiger charge is -2.14. The first-order valence-electron chi connectivity index (χ1n) is 4.04. The van der Waals surface area contributed by atoms with Gasteiger partial charge in [-0.3, -0.25) is 0 Å². The maximum Gasteiger partial charge on any atom is 0.213 e. The van der Waals surface area contributed by atoms with Crippen LogP contribution in [0.2, 0.25) is 0 Å². The minimum absolute atomic E-state index is 0.233. The van der Waals surface area contributed by atoms with Crippen LogP contribution in [0.3, 0.4) is 0 Å². The third-order valence-electron chi connectivity index (χ3n) is 1.63. The number of halogens is 1. The van der Waals surface area contributed by atoms with E-state index in [-0.39, 0.29) is 5.75 Å². The number of sulfonamides is 1. The fraction of sp³-hybridized carbons (Fsp3) is 1.00. The molecule has 3 nitrogen and oxygen atoms in total. The van der Waals surface area contributed by atoms with Gasteiger partial charge in [-0.05, 0) is 6.42 Å². The SMILES string of the molecule is CCCCS(=O)(=O)N(C)CCCl. The van der Waals surface area contributed by atoms with E-state index in [4.69, 9.17) is 11.6 Å². The van der Waals surface area contributed by atoms with Gasteiger partial charge < -0.3 is 0 Å². The maximum absolute atomic E-state index is 11.3. The molecule has 0 aromatic heterocycles. The highest BCUT2D eigenvalue weighted by Crippen LogP contribution is 2.01. The van der Waals surface area contributed by atoms with Crippen LogP contribution >= 0.6 is 11.6 Å². The lowest BCUT2D eigenvalue weighted by atomic mass is 10.4. The molecule has 12 heavy (non-hydrogen) atoms. The Bertz CT molecular complexity index is 203. The number of hydrogen-bond donors (Lipinski definition) is 0. The van der Waals surface area contributed by atoms with Crippen LogP contribution in [-0.4, -0.2) is 37.9 Å². The summed E-state index contributed by atoms with van der Waals surface area (Å²) in [5.74, 6) is 0.582. The molecule has 0 saturated carbocycles. The van der Waals surface area contributed by atoms with E-state index >= 15 is 0 Å². The molecule has 0 heterocycles. The molecule has 0 radical (unpaired) electrons. The van der Waals surface area contributed by atoms with E-state index in [9.17, 15) is 8.42 Å². The predicted molar refractivity (Wildman–Crippen MR) is 52.0 cm³/mol. The van der Waals surface area contributed by atoms with E-state index in [1.54, 1.807) is 7.05 Å². The van der Waals surface area contributed by atoms with E-state index in [1.807, 2.05) is 6.92 Å². The van der Waals surface area contributed by atoms with Crippen molar-refractivity contribution in [2.75, 3.05) is 25.2 Å². The lowest BCUT2D eigenvalue weighted by molar-refractivity contribution is 0.486. The molecule has 0 fully saturated rings. The molecule has 0 unspecified atom stereocenters. The van der Waals surface area contributed by atoms with Crippen molar-refractivity contribution in [2.45, 2.75) is 19.8 Å². The Labute approximate surface area is 79.8 Å². The predicted octanol–water partition coefficient (Wildman–Crippen LogP) is 1.29. The average molecular weight is 214 g/mol. The molecular formula is C7H16ClNO2S. The average Bonchev–Trinajstić information content (AvgIpc) is 2.01. The largest absolute Gasteiger partial charge is 0.213 e. The van der Waals surface area contributed by atoms with Gasteiger partial charge in [0.2, 0.25) is 10.0 Å². The third kappa shape index (κ3) is 4.28. The van der Waals surface area contributed by atoms with Crippen molar-refractivity contribution in [1.82, 2.24) is 4.31 Å². The molecule has 0 amide bonds. The zero-order chi connectivity index (χ0) is 9.61. The zero-order valence-electron chi connectivity index (χ0n) is 7.59. The van der Waals surface area contributed by atoms with Gasteiger partial charge in [0.25, 0.3) is 0 Å². The number of unbranched alkanes of at least 4 members (excludes halogenated alkanes) is 1. The van der Waals surface area contributed by atoms with Crippen molar-refractivity contribution in [3.63, 3.8) is 0 Å². The number of rotatable bonds is 6. The summed E-state index contributed by atoms with van der Waals surface area (Å²) in [4.78, 5) is 0. The summed E-state index contributed by atoms with van der Waals surface area (Å²) in [6, 6.07) is 0. The molecule has 0 aliphatic heterocycles. The van der Waals surface area contributed by atoms with E-state index in [1.165, 1.54) is 4.31 Å². The molecular weight excluding hydrogens is 198 g/mol. The van der Waals surface area contributed by atoms with E-state index < -0.39 is 10.0 Å². The molecule has 0 aromatic carbocycles. The van der Waals surface area contributed by atoms with Crippen molar-refractivity contribution in [1.29, 1.82) is 0 Å². The zero-order valence-corrected chi connectivity index (χ0v) is 9.16. The Hall–Kier alpha value is 0.200.